The fourth-order valence-corrected chi connectivity index (χ4v) is 2.19. The minimum atomic E-state index is -1.45. The molecule has 1 aromatic rings. The Bertz CT molecular complexity index is 685. The third-order valence-electron chi connectivity index (χ3n) is 3.33. The van der Waals surface area contributed by atoms with Crippen molar-refractivity contribution in [2.45, 2.75) is 39.4 Å². The lowest BCUT2D eigenvalue weighted by molar-refractivity contribution is -0.222. The van der Waals surface area contributed by atoms with E-state index in [4.69, 9.17) is 9.47 Å². The Morgan fingerprint density at radius 2 is 1.57 bits per heavy atom. The second-order valence-corrected chi connectivity index (χ2v) is 5.57. The van der Waals surface area contributed by atoms with Crippen molar-refractivity contribution in [3.63, 3.8) is 0 Å². The highest BCUT2D eigenvalue weighted by Gasteiger charge is 2.41. The van der Waals surface area contributed by atoms with Crippen molar-refractivity contribution in [1.29, 1.82) is 0 Å². The fourth-order valence-electron chi connectivity index (χ4n) is 2.19. The van der Waals surface area contributed by atoms with Gasteiger partial charge in [0.25, 0.3) is 5.79 Å². The first-order valence-electron chi connectivity index (χ1n) is 7.00. The van der Waals surface area contributed by atoms with Crippen LogP contribution in [0.4, 0.5) is 8.78 Å². The molecule has 0 atom stereocenters. The van der Waals surface area contributed by atoms with Gasteiger partial charge in [0.15, 0.2) is 5.57 Å². The molecule has 0 aromatic heterocycles. The van der Waals surface area contributed by atoms with Gasteiger partial charge in [-0.25, -0.2) is 18.4 Å². The number of ether oxygens (including phenoxy) is 2. The van der Waals surface area contributed by atoms with Gasteiger partial charge < -0.3 is 14.6 Å². The van der Waals surface area contributed by atoms with E-state index in [0.29, 0.717) is 6.42 Å². The van der Waals surface area contributed by atoms with Gasteiger partial charge in [0.1, 0.15) is 17.4 Å². The summed E-state index contributed by atoms with van der Waals surface area (Å²) in [7, 11) is 0. The molecule has 124 valence electrons. The molecule has 1 fully saturated rings. The van der Waals surface area contributed by atoms with Crippen molar-refractivity contribution in [1.82, 2.24) is 0 Å². The number of aliphatic hydroxyl groups excluding tert-OH is 1. The first-order valence-corrected chi connectivity index (χ1v) is 7.00. The van der Waals surface area contributed by atoms with E-state index in [1.54, 1.807) is 6.92 Å². The highest BCUT2D eigenvalue weighted by molar-refractivity contribution is 6.15. The smallest absolute Gasteiger partial charge is 0.352 e. The van der Waals surface area contributed by atoms with Crippen LogP contribution in [0.3, 0.4) is 0 Å². The molecule has 1 saturated heterocycles. The van der Waals surface area contributed by atoms with Gasteiger partial charge >= 0.3 is 11.9 Å². The Morgan fingerprint density at radius 1 is 1.09 bits per heavy atom. The summed E-state index contributed by atoms with van der Waals surface area (Å²) in [5.41, 5.74) is -0.713. The van der Waals surface area contributed by atoms with Crippen molar-refractivity contribution in [3.05, 3.63) is 46.2 Å². The van der Waals surface area contributed by atoms with Gasteiger partial charge in [-0.3, -0.25) is 0 Å². The molecular formula is C16H16F2O5. The van der Waals surface area contributed by atoms with Gasteiger partial charge in [-0.1, -0.05) is 6.92 Å². The lowest BCUT2D eigenvalue weighted by atomic mass is 10.0. The molecule has 7 heteroatoms. The van der Waals surface area contributed by atoms with E-state index < -0.39 is 47.1 Å². The molecule has 23 heavy (non-hydrogen) atoms. The zero-order valence-electron chi connectivity index (χ0n) is 12.9. The first kappa shape index (κ1) is 16.9. The molecule has 0 amide bonds. The Balaban J connectivity index is 2.35. The SMILES string of the molecule is CCc1cc(F)c(CC(O)=C2C(=O)OC(C)(C)OC2=O)cc1F. The molecule has 0 spiro atoms. The number of carbonyl (C=O) groups is 2. The van der Waals surface area contributed by atoms with Gasteiger partial charge in [-0.05, 0) is 29.7 Å². The summed E-state index contributed by atoms with van der Waals surface area (Å²) in [4.78, 5) is 23.6. The average Bonchev–Trinajstić information content (AvgIpc) is 2.40. The number of allylic oxidation sites excluding steroid dienone is 1. The molecule has 2 rings (SSSR count). The van der Waals surface area contributed by atoms with Crippen molar-refractivity contribution in [2.24, 2.45) is 0 Å². The second-order valence-electron chi connectivity index (χ2n) is 5.57. The summed E-state index contributed by atoms with van der Waals surface area (Å²) in [5, 5.41) is 9.97. The molecule has 1 aliphatic rings. The quantitative estimate of drug-likeness (QED) is 0.400. The molecule has 0 bridgehead atoms. The maximum atomic E-state index is 13.9. The Morgan fingerprint density at radius 3 is 2.09 bits per heavy atom. The maximum Gasteiger partial charge on any atom is 0.352 e. The normalized spacial score (nSPS) is 16.8. The van der Waals surface area contributed by atoms with E-state index in [1.165, 1.54) is 13.8 Å². The highest BCUT2D eigenvalue weighted by atomic mass is 19.1. The standard InChI is InChI=1S/C16H16F2O5/c1-4-8-5-11(18)9(6-10(8)17)7-12(19)13-14(20)22-16(2,3)23-15(13)21/h5-6,19H,4,7H2,1-3H3. The Hall–Kier alpha value is -2.44. The topological polar surface area (TPSA) is 72.8 Å². The van der Waals surface area contributed by atoms with Crippen LogP contribution in [0.2, 0.25) is 0 Å². The lowest BCUT2D eigenvalue weighted by Crippen LogP contribution is -2.42. The van der Waals surface area contributed by atoms with E-state index >= 15 is 0 Å². The Labute approximate surface area is 131 Å². The molecule has 0 aliphatic carbocycles. The van der Waals surface area contributed by atoms with Gasteiger partial charge in [0, 0.05) is 20.3 Å². The maximum absolute atomic E-state index is 13.9. The van der Waals surface area contributed by atoms with Crippen molar-refractivity contribution in [3.8, 4) is 0 Å². The largest absolute Gasteiger partial charge is 0.511 e. The second kappa shape index (κ2) is 5.98. The number of carbonyl (C=O) groups excluding carboxylic acids is 2. The lowest BCUT2D eigenvalue weighted by Gasteiger charge is -2.30. The average molecular weight is 326 g/mol. The number of aliphatic hydroxyl groups is 1. The minimum Gasteiger partial charge on any atom is -0.511 e. The van der Waals surface area contributed by atoms with Crippen LogP contribution in [-0.2, 0) is 31.9 Å². The summed E-state index contributed by atoms with van der Waals surface area (Å²) >= 11 is 0. The van der Waals surface area contributed by atoms with Crippen LogP contribution < -0.4 is 0 Å². The van der Waals surface area contributed by atoms with Gasteiger partial charge in [-0.2, -0.15) is 0 Å². The monoisotopic (exact) mass is 326 g/mol. The zero-order valence-corrected chi connectivity index (χ0v) is 12.9. The number of benzene rings is 1. The number of cyclic esters (lactones) is 2. The molecule has 1 aliphatic heterocycles. The number of esters is 2. The van der Waals surface area contributed by atoms with Gasteiger partial charge in [-0.15, -0.1) is 0 Å². The van der Waals surface area contributed by atoms with Gasteiger partial charge in [0.2, 0.25) is 0 Å². The van der Waals surface area contributed by atoms with Crippen LogP contribution in [0.25, 0.3) is 0 Å². The van der Waals surface area contributed by atoms with Crippen LogP contribution in [0.15, 0.2) is 23.5 Å². The summed E-state index contributed by atoms with van der Waals surface area (Å²) in [6.45, 7) is 4.39. The molecule has 0 unspecified atom stereocenters. The van der Waals surface area contributed by atoms with Crippen LogP contribution in [0.1, 0.15) is 31.9 Å². The van der Waals surface area contributed by atoms with E-state index in [9.17, 15) is 23.5 Å². The van der Waals surface area contributed by atoms with E-state index in [-0.39, 0.29) is 11.1 Å². The number of halogens is 2. The number of hydrogen-bond donors (Lipinski definition) is 1. The van der Waals surface area contributed by atoms with Crippen LogP contribution in [-0.4, -0.2) is 22.8 Å². The van der Waals surface area contributed by atoms with E-state index in [2.05, 4.69) is 0 Å². The van der Waals surface area contributed by atoms with Crippen LogP contribution in [0.5, 0.6) is 0 Å². The van der Waals surface area contributed by atoms with E-state index in [0.717, 1.165) is 12.1 Å². The molecule has 5 nitrogen and oxygen atoms in total. The third kappa shape index (κ3) is 3.49. The molecule has 1 aromatic carbocycles. The summed E-state index contributed by atoms with van der Waals surface area (Å²) in [6.07, 6.45) is -0.226. The third-order valence-corrected chi connectivity index (χ3v) is 3.33. The fraction of sp³-hybridized carbons (Fsp3) is 0.375. The first-order chi connectivity index (χ1) is 10.6. The van der Waals surface area contributed by atoms with Crippen molar-refractivity contribution < 1.29 is 33.0 Å². The summed E-state index contributed by atoms with van der Waals surface area (Å²) in [5.74, 6) is -5.70. The van der Waals surface area contributed by atoms with Crippen LogP contribution in [0, 0.1) is 11.6 Å². The van der Waals surface area contributed by atoms with Crippen molar-refractivity contribution in [2.75, 3.05) is 0 Å². The zero-order chi connectivity index (χ0) is 17.4. The molecule has 0 radical (unpaired) electrons. The van der Waals surface area contributed by atoms with Crippen molar-refractivity contribution >= 4 is 11.9 Å². The van der Waals surface area contributed by atoms with E-state index in [1.807, 2.05) is 0 Å². The predicted molar refractivity (Wildman–Crippen MR) is 75.4 cm³/mol. The molecule has 1 N–H and O–H groups in total. The Kier molecular flexibility index (Phi) is 4.40. The molecular weight excluding hydrogens is 310 g/mol. The minimum absolute atomic E-state index is 0.185. The summed E-state index contributed by atoms with van der Waals surface area (Å²) < 4.78 is 37.3. The van der Waals surface area contributed by atoms with Gasteiger partial charge in [0.05, 0.1) is 0 Å². The number of rotatable bonds is 3. The molecule has 1 heterocycles. The predicted octanol–water partition coefficient (Wildman–Crippen LogP) is 2.72. The summed E-state index contributed by atoms with van der Waals surface area (Å²) in [6, 6.07) is 1.94. The van der Waals surface area contributed by atoms with Crippen LogP contribution >= 0.6 is 0 Å². The highest BCUT2D eigenvalue weighted by Crippen LogP contribution is 2.26. The number of hydrogen-bond acceptors (Lipinski definition) is 5. The molecule has 0 saturated carbocycles. The number of aryl methyl sites for hydroxylation is 1.